The zero-order valence-corrected chi connectivity index (χ0v) is 21.8. The number of hydrogen-bond donors (Lipinski definition) is 0. The molecule has 0 N–H and O–H groups in total. The summed E-state index contributed by atoms with van der Waals surface area (Å²) in [5.41, 5.74) is -0.0488. The number of ether oxygens (including phenoxy) is 1. The molecular weight excluding hydrogens is 402 g/mol. The van der Waals surface area contributed by atoms with Crippen LogP contribution in [0, 0.1) is 0 Å². The van der Waals surface area contributed by atoms with Crippen molar-refractivity contribution in [2.24, 2.45) is 0 Å². The van der Waals surface area contributed by atoms with Crippen molar-refractivity contribution in [1.29, 1.82) is 0 Å². The molecule has 178 valence electrons. The van der Waals surface area contributed by atoms with Crippen LogP contribution in [0.3, 0.4) is 0 Å². The lowest BCUT2D eigenvalue weighted by Crippen LogP contribution is -2.41. The lowest BCUT2D eigenvalue weighted by molar-refractivity contribution is 0.00578. The number of hydrogen-bond acceptors (Lipinski definition) is 5. The Bertz CT molecular complexity index is 743. The predicted molar refractivity (Wildman–Crippen MR) is 131 cm³/mol. The quantitative estimate of drug-likeness (QED) is 0.463. The Hall–Kier alpha value is -1.01. The van der Waals surface area contributed by atoms with Gasteiger partial charge in [-0.3, -0.25) is 0 Å². The second-order valence-electron chi connectivity index (χ2n) is 11.6. The summed E-state index contributed by atoms with van der Waals surface area (Å²) in [5, 5.41) is 0. The third-order valence-corrected chi connectivity index (χ3v) is 8.03. The fourth-order valence-corrected chi connectivity index (χ4v) is 4.30. The molecule has 1 aromatic carbocycles. The Morgan fingerprint density at radius 2 is 1.19 bits per heavy atom. The zero-order valence-electron chi connectivity index (χ0n) is 21.8. The highest BCUT2D eigenvalue weighted by Gasteiger charge is 2.56. The molecule has 7 heteroatoms. The summed E-state index contributed by atoms with van der Waals surface area (Å²) in [6.07, 6.45) is 2.83. The summed E-state index contributed by atoms with van der Waals surface area (Å²) in [7, 11) is 1.22. The Balaban J connectivity index is 1.73. The number of rotatable bonds is 8. The summed E-state index contributed by atoms with van der Waals surface area (Å²) in [4.78, 5) is 0. The highest BCUT2D eigenvalue weighted by atomic mass is 16.7. The Labute approximate surface area is 196 Å². The number of aryl methyl sites for hydroxylation is 1. The Morgan fingerprint density at radius 1 is 0.750 bits per heavy atom. The molecule has 3 rings (SSSR count). The van der Waals surface area contributed by atoms with Crippen molar-refractivity contribution in [3.05, 3.63) is 29.8 Å². The van der Waals surface area contributed by atoms with Gasteiger partial charge in [0, 0.05) is 0 Å². The van der Waals surface area contributed by atoms with Crippen molar-refractivity contribution >= 4 is 14.2 Å². The molecule has 0 aromatic heterocycles. The van der Waals surface area contributed by atoms with Crippen molar-refractivity contribution in [3.8, 4) is 5.75 Å². The van der Waals surface area contributed by atoms with Crippen LogP contribution in [0.5, 0.6) is 5.75 Å². The van der Waals surface area contributed by atoms with Crippen molar-refractivity contribution in [2.45, 2.75) is 116 Å². The van der Waals surface area contributed by atoms with Gasteiger partial charge in [0.2, 0.25) is 0 Å². The van der Waals surface area contributed by atoms with Gasteiger partial charge in [-0.05, 0) is 97.6 Å². The monoisotopic (exact) mass is 444 g/mol. The fourth-order valence-electron chi connectivity index (χ4n) is 4.30. The molecule has 2 aliphatic rings. The van der Waals surface area contributed by atoms with Crippen LogP contribution in [0.15, 0.2) is 24.3 Å². The molecule has 2 saturated heterocycles. The van der Waals surface area contributed by atoms with Gasteiger partial charge in [-0.1, -0.05) is 25.5 Å². The molecule has 2 atom stereocenters. The molecule has 0 amide bonds. The maximum atomic E-state index is 6.47. The second-order valence-corrected chi connectivity index (χ2v) is 11.6. The first-order valence-electron chi connectivity index (χ1n) is 12.0. The van der Waals surface area contributed by atoms with Gasteiger partial charge in [0.1, 0.15) is 5.75 Å². The fraction of sp³-hybridized carbons (Fsp3) is 0.760. The van der Waals surface area contributed by atoms with E-state index in [4.69, 9.17) is 23.4 Å². The van der Waals surface area contributed by atoms with Gasteiger partial charge < -0.3 is 23.4 Å². The Morgan fingerprint density at radius 3 is 1.62 bits per heavy atom. The van der Waals surface area contributed by atoms with E-state index in [1.54, 1.807) is 7.11 Å². The largest absolute Gasteiger partial charge is 0.497 e. The van der Waals surface area contributed by atoms with E-state index in [0.29, 0.717) is 0 Å². The summed E-state index contributed by atoms with van der Waals surface area (Å²) in [5.74, 6) is 1.33. The molecule has 0 unspecified atom stereocenters. The van der Waals surface area contributed by atoms with Crippen LogP contribution in [0.2, 0.25) is 11.6 Å². The minimum absolute atomic E-state index is 0.218. The first kappa shape index (κ1) is 25.6. The molecule has 0 saturated carbocycles. The standard InChI is InChI=1S/C25H42B2O5/c1-18(26-29-22(2,3)23(4,5)30-26)17-20(27-31-24(6,7)25(8,9)32-27)14-11-19-12-15-21(28-10)16-13-19/h12-13,15-16,18,20H,11,14,17H2,1-10H3/t18-,20-/m0/s1. The van der Waals surface area contributed by atoms with E-state index in [9.17, 15) is 0 Å². The zero-order chi connectivity index (χ0) is 23.9. The third kappa shape index (κ3) is 5.22. The molecule has 2 fully saturated rings. The van der Waals surface area contributed by atoms with Gasteiger partial charge in [0.15, 0.2) is 0 Å². The van der Waals surface area contributed by atoms with Crippen molar-refractivity contribution in [1.82, 2.24) is 0 Å². The van der Waals surface area contributed by atoms with Crippen molar-refractivity contribution < 1.29 is 23.4 Å². The first-order chi connectivity index (χ1) is 14.7. The van der Waals surface area contributed by atoms with Gasteiger partial charge >= 0.3 is 14.2 Å². The first-order valence-corrected chi connectivity index (χ1v) is 12.0. The highest BCUT2D eigenvalue weighted by Crippen LogP contribution is 2.46. The molecule has 2 heterocycles. The topological polar surface area (TPSA) is 46.2 Å². The lowest BCUT2D eigenvalue weighted by atomic mass is 9.59. The molecule has 2 aliphatic heterocycles. The summed E-state index contributed by atoms with van der Waals surface area (Å²) < 4.78 is 30.9. The van der Waals surface area contributed by atoms with Crippen molar-refractivity contribution in [3.63, 3.8) is 0 Å². The second kappa shape index (κ2) is 8.98. The third-order valence-electron chi connectivity index (χ3n) is 8.03. The molecule has 1 aromatic rings. The number of benzene rings is 1. The molecular formula is C25H42B2O5. The Kier molecular flexibility index (Phi) is 7.18. The number of methoxy groups -OCH3 is 1. The molecule has 0 aliphatic carbocycles. The van der Waals surface area contributed by atoms with Crippen LogP contribution in [-0.2, 0) is 25.0 Å². The summed E-state index contributed by atoms with van der Waals surface area (Å²) >= 11 is 0. The molecule has 5 nitrogen and oxygen atoms in total. The van der Waals surface area contributed by atoms with Crippen LogP contribution in [0.4, 0.5) is 0 Å². The SMILES string of the molecule is COc1ccc(CC[C@@H](C[C@H](C)B2OC(C)(C)C(C)(C)O2)B2OC(C)(C)C(C)(C)O2)cc1. The molecule has 32 heavy (non-hydrogen) atoms. The van der Waals surface area contributed by atoms with Crippen molar-refractivity contribution in [2.75, 3.05) is 7.11 Å². The van der Waals surface area contributed by atoms with Gasteiger partial charge in [0.05, 0.1) is 29.5 Å². The summed E-state index contributed by atoms with van der Waals surface area (Å²) in [6, 6.07) is 8.31. The molecule has 0 spiro atoms. The summed E-state index contributed by atoms with van der Waals surface area (Å²) in [6.45, 7) is 19.1. The maximum absolute atomic E-state index is 6.47. The predicted octanol–water partition coefficient (Wildman–Crippen LogP) is 5.96. The van der Waals surface area contributed by atoms with Crippen LogP contribution < -0.4 is 4.74 Å². The average Bonchev–Trinajstić information content (AvgIpc) is 3.05. The van der Waals surface area contributed by atoms with E-state index in [-0.39, 0.29) is 48.3 Å². The average molecular weight is 444 g/mol. The van der Waals surface area contributed by atoms with Crippen LogP contribution in [0.25, 0.3) is 0 Å². The van der Waals surface area contributed by atoms with E-state index in [0.717, 1.165) is 25.0 Å². The minimum Gasteiger partial charge on any atom is -0.497 e. The minimum atomic E-state index is -0.344. The van der Waals surface area contributed by atoms with Crippen LogP contribution in [0.1, 0.15) is 80.7 Å². The van der Waals surface area contributed by atoms with E-state index in [2.05, 4.69) is 74.4 Å². The van der Waals surface area contributed by atoms with Gasteiger partial charge in [-0.2, -0.15) is 0 Å². The van der Waals surface area contributed by atoms with Gasteiger partial charge in [-0.15, -0.1) is 0 Å². The lowest BCUT2D eigenvalue weighted by Gasteiger charge is -2.32. The smallest absolute Gasteiger partial charge is 0.461 e. The molecule has 0 radical (unpaired) electrons. The van der Waals surface area contributed by atoms with Crippen LogP contribution in [-0.4, -0.2) is 43.8 Å². The molecule has 0 bridgehead atoms. The van der Waals surface area contributed by atoms with Gasteiger partial charge in [0.25, 0.3) is 0 Å². The highest BCUT2D eigenvalue weighted by molar-refractivity contribution is 6.49. The van der Waals surface area contributed by atoms with E-state index in [1.807, 2.05) is 12.1 Å². The normalized spacial score (nSPS) is 25.1. The van der Waals surface area contributed by atoms with E-state index < -0.39 is 0 Å². The van der Waals surface area contributed by atoms with Gasteiger partial charge in [-0.25, -0.2) is 0 Å². The van der Waals surface area contributed by atoms with E-state index >= 15 is 0 Å². The van der Waals surface area contributed by atoms with E-state index in [1.165, 1.54) is 5.56 Å². The maximum Gasteiger partial charge on any atom is 0.461 e. The van der Waals surface area contributed by atoms with Crippen LogP contribution >= 0.6 is 0 Å².